The zero-order valence-electron chi connectivity index (χ0n) is 8.91. The molecule has 0 spiro atoms. The summed E-state index contributed by atoms with van der Waals surface area (Å²) in [7, 11) is 0. The maximum Gasteiger partial charge on any atom is 0.150 e. The van der Waals surface area contributed by atoms with E-state index in [0.29, 0.717) is 12.7 Å². The molecule has 90 valence electrons. The number of hydrogen-bond acceptors (Lipinski definition) is 3. The van der Waals surface area contributed by atoms with Gasteiger partial charge in [0.2, 0.25) is 0 Å². The molecule has 0 aliphatic carbocycles. The van der Waals surface area contributed by atoms with E-state index in [-0.39, 0.29) is 0 Å². The largest absolute Gasteiger partial charge is 0.480 e. The quantitative estimate of drug-likeness (QED) is 0.590. The van der Waals surface area contributed by atoms with Crippen LogP contribution in [0, 0.1) is 11.2 Å². The van der Waals surface area contributed by atoms with E-state index in [2.05, 4.69) is 43.0 Å². The third kappa shape index (κ3) is 4.92. The first-order valence-corrected chi connectivity index (χ1v) is 7.62. The second kappa shape index (κ2) is 6.69. The number of halogens is 2. The van der Waals surface area contributed by atoms with Crippen molar-refractivity contribution >= 4 is 43.6 Å². The Balaban J connectivity index is 1.72. The molecule has 1 unspecified atom stereocenters. The van der Waals surface area contributed by atoms with Gasteiger partial charge in [-0.25, -0.2) is 0 Å². The van der Waals surface area contributed by atoms with Crippen molar-refractivity contribution in [2.24, 2.45) is 0 Å². The third-order valence-electron chi connectivity index (χ3n) is 2.01. The lowest BCUT2D eigenvalue weighted by molar-refractivity contribution is 0.368. The van der Waals surface area contributed by atoms with Gasteiger partial charge in [0.1, 0.15) is 12.4 Å². The average Bonchev–Trinajstić information content (AvgIpc) is 3.09. The second-order valence-corrected chi connectivity index (χ2v) is 6.00. The van der Waals surface area contributed by atoms with Gasteiger partial charge in [0.05, 0.1) is 17.2 Å². The number of hydrogen-bond donors (Lipinski definition) is 0. The van der Waals surface area contributed by atoms with Gasteiger partial charge in [-0.3, -0.25) is 0 Å². The molecule has 2 rings (SSSR count). The Labute approximate surface area is 122 Å². The molecule has 0 amide bonds. The van der Waals surface area contributed by atoms with Crippen LogP contribution in [-0.2, 0) is 4.74 Å². The zero-order valence-corrected chi connectivity index (χ0v) is 12.9. The maximum atomic E-state index is 5.53. The molecule has 1 heterocycles. The summed E-state index contributed by atoms with van der Waals surface area (Å²) in [5, 5.41) is 2.99. The Morgan fingerprint density at radius 3 is 3.00 bits per heavy atom. The fraction of sp³-hybridized carbons (Fsp3) is 0.333. The molecule has 2 nitrogen and oxygen atoms in total. The van der Waals surface area contributed by atoms with Crippen LogP contribution in [0.25, 0.3) is 0 Å². The van der Waals surface area contributed by atoms with Gasteiger partial charge in [0.15, 0.2) is 0 Å². The summed E-state index contributed by atoms with van der Waals surface area (Å²) in [6, 6.07) is 5.79. The molecule has 0 radical (unpaired) electrons. The summed E-state index contributed by atoms with van der Waals surface area (Å²) in [4.78, 5) is 0. The summed E-state index contributed by atoms with van der Waals surface area (Å²) in [6.45, 7) is 1.29. The lowest BCUT2D eigenvalue weighted by Gasteiger charge is -2.04. The first-order chi connectivity index (χ1) is 8.25. The lowest BCUT2D eigenvalue weighted by Crippen LogP contribution is -1.94. The van der Waals surface area contributed by atoms with Crippen molar-refractivity contribution in [1.82, 2.24) is 0 Å². The smallest absolute Gasteiger partial charge is 0.150 e. The van der Waals surface area contributed by atoms with Gasteiger partial charge < -0.3 is 9.47 Å². The van der Waals surface area contributed by atoms with Gasteiger partial charge in [0.25, 0.3) is 0 Å². The molecule has 1 aromatic rings. The fourth-order valence-electron chi connectivity index (χ4n) is 1.09. The zero-order chi connectivity index (χ0) is 12.1. The highest BCUT2D eigenvalue weighted by Gasteiger charge is 2.21. The molecule has 1 fully saturated rings. The minimum absolute atomic E-state index is 0.402. The van der Waals surface area contributed by atoms with E-state index in [9.17, 15) is 0 Å². The van der Waals surface area contributed by atoms with E-state index in [1.165, 1.54) is 0 Å². The SMILES string of the molecule is Brc1ccc(OCC#CSCC2CO2)c(Br)c1. The van der Waals surface area contributed by atoms with Gasteiger partial charge in [0, 0.05) is 10.2 Å². The van der Waals surface area contributed by atoms with Crippen molar-refractivity contribution in [2.45, 2.75) is 6.10 Å². The van der Waals surface area contributed by atoms with Crippen molar-refractivity contribution in [1.29, 1.82) is 0 Å². The fourth-order valence-corrected chi connectivity index (χ4v) is 2.87. The van der Waals surface area contributed by atoms with Crippen molar-refractivity contribution in [2.75, 3.05) is 19.0 Å². The molecule has 1 aromatic carbocycles. The van der Waals surface area contributed by atoms with Crippen molar-refractivity contribution in [3.63, 3.8) is 0 Å². The van der Waals surface area contributed by atoms with Crippen LogP contribution in [0.3, 0.4) is 0 Å². The minimum Gasteiger partial charge on any atom is -0.480 e. The summed E-state index contributed by atoms with van der Waals surface area (Å²) in [6.07, 6.45) is 0.427. The van der Waals surface area contributed by atoms with Gasteiger partial charge in [-0.1, -0.05) is 27.7 Å². The molecule has 1 atom stereocenters. The van der Waals surface area contributed by atoms with Crippen molar-refractivity contribution < 1.29 is 9.47 Å². The van der Waals surface area contributed by atoms with E-state index in [1.807, 2.05) is 18.2 Å². The van der Waals surface area contributed by atoms with Crippen LogP contribution >= 0.6 is 43.6 Å². The molecule has 1 saturated heterocycles. The predicted octanol–water partition coefficient (Wildman–Crippen LogP) is 3.68. The Morgan fingerprint density at radius 2 is 2.29 bits per heavy atom. The maximum absolute atomic E-state index is 5.53. The summed E-state index contributed by atoms with van der Waals surface area (Å²) in [5.74, 6) is 4.72. The van der Waals surface area contributed by atoms with Gasteiger partial charge in [-0.2, -0.15) is 0 Å². The molecule has 0 saturated carbocycles. The van der Waals surface area contributed by atoms with Crippen molar-refractivity contribution in [3.8, 4) is 16.9 Å². The van der Waals surface area contributed by atoms with Crippen LogP contribution in [0.4, 0.5) is 0 Å². The number of ether oxygens (including phenoxy) is 2. The number of thioether (sulfide) groups is 1. The summed E-state index contributed by atoms with van der Waals surface area (Å²) >= 11 is 8.40. The summed E-state index contributed by atoms with van der Waals surface area (Å²) < 4.78 is 12.5. The van der Waals surface area contributed by atoms with E-state index < -0.39 is 0 Å². The Bertz CT molecular complexity index is 450. The highest BCUT2D eigenvalue weighted by atomic mass is 79.9. The number of rotatable bonds is 4. The van der Waals surface area contributed by atoms with Crippen LogP contribution in [-0.4, -0.2) is 25.1 Å². The van der Waals surface area contributed by atoms with Crippen LogP contribution in [0.2, 0.25) is 0 Å². The van der Waals surface area contributed by atoms with Gasteiger partial charge in [-0.05, 0) is 45.3 Å². The summed E-state index contributed by atoms with van der Waals surface area (Å²) in [5.41, 5.74) is 0. The Morgan fingerprint density at radius 1 is 1.47 bits per heavy atom. The van der Waals surface area contributed by atoms with E-state index in [0.717, 1.165) is 27.1 Å². The average molecular weight is 378 g/mol. The van der Waals surface area contributed by atoms with E-state index >= 15 is 0 Å². The number of benzene rings is 1. The molecule has 5 heteroatoms. The monoisotopic (exact) mass is 376 g/mol. The molecule has 17 heavy (non-hydrogen) atoms. The molecule has 1 aliphatic rings. The molecule has 1 aliphatic heterocycles. The molecule has 0 bridgehead atoms. The molecular formula is C12H10Br2O2S. The molecular weight excluding hydrogens is 368 g/mol. The second-order valence-electron chi connectivity index (χ2n) is 3.41. The lowest BCUT2D eigenvalue weighted by atomic mass is 10.3. The topological polar surface area (TPSA) is 21.8 Å². The first-order valence-electron chi connectivity index (χ1n) is 5.05. The third-order valence-corrected chi connectivity index (χ3v) is 3.95. The number of epoxide rings is 1. The first kappa shape index (κ1) is 13.3. The molecule has 0 N–H and O–H groups in total. The predicted molar refractivity (Wildman–Crippen MR) is 77.3 cm³/mol. The van der Waals surface area contributed by atoms with E-state index in [1.54, 1.807) is 11.8 Å². The standard InChI is InChI=1S/C12H10Br2O2S/c13-9-2-3-12(11(14)6-9)15-4-1-5-17-8-10-7-16-10/h2-3,6,10H,4,7-8H2. The van der Waals surface area contributed by atoms with Crippen LogP contribution < -0.4 is 4.74 Å². The minimum atomic E-state index is 0.402. The van der Waals surface area contributed by atoms with E-state index in [4.69, 9.17) is 9.47 Å². The van der Waals surface area contributed by atoms with Crippen molar-refractivity contribution in [3.05, 3.63) is 27.1 Å². The highest BCUT2D eigenvalue weighted by molar-refractivity contribution is 9.11. The van der Waals surface area contributed by atoms with Gasteiger partial charge >= 0.3 is 0 Å². The Hall–Kier alpha value is -0.150. The molecule has 0 aromatic heterocycles. The van der Waals surface area contributed by atoms with Crippen LogP contribution in [0.5, 0.6) is 5.75 Å². The highest BCUT2D eigenvalue weighted by Crippen LogP contribution is 2.27. The van der Waals surface area contributed by atoms with Crippen LogP contribution in [0.1, 0.15) is 0 Å². The Kier molecular flexibility index (Phi) is 5.23. The van der Waals surface area contributed by atoms with Gasteiger partial charge in [-0.15, -0.1) is 0 Å². The normalized spacial score (nSPS) is 17.2. The van der Waals surface area contributed by atoms with Crippen LogP contribution in [0.15, 0.2) is 27.1 Å².